The van der Waals surface area contributed by atoms with E-state index >= 15 is 0 Å². The van der Waals surface area contributed by atoms with Crippen molar-refractivity contribution >= 4 is 17.5 Å². The predicted octanol–water partition coefficient (Wildman–Crippen LogP) is 2.07. The second-order valence-corrected chi connectivity index (χ2v) is 5.87. The molecule has 0 aromatic carbocycles. The first-order chi connectivity index (χ1) is 9.52. The van der Waals surface area contributed by atoms with Gasteiger partial charge >= 0.3 is 6.01 Å². The zero-order valence-electron chi connectivity index (χ0n) is 12.3. The number of halogens is 1. The predicted molar refractivity (Wildman–Crippen MR) is 79.3 cm³/mol. The van der Waals surface area contributed by atoms with E-state index in [0.717, 1.165) is 13.1 Å². The third kappa shape index (κ3) is 4.76. The van der Waals surface area contributed by atoms with E-state index in [1.54, 1.807) is 0 Å². The Morgan fingerprint density at radius 3 is 2.90 bits per heavy atom. The Bertz CT molecular complexity index is 443. The Kier molecular flexibility index (Phi) is 5.37. The lowest BCUT2D eigenvalue weighted by Crippen LogP contribution is -2.35. The number of aromatic nitrogens is 3. The standard InChI is InChI=1S/C13H22ClN5O/c1-9(2)20-13-17-11(14)16-12(18-13)15-7-10-5-4-6-19(3)8-10/h9-10H,4-8H2,1-3H3,(H,15,16,17,18). The van der Waals surface area contributed by atoms with Crippen LogP contribution in [0.3, 0.4) is 0 Å². The molecule has 1 saturated heterocycles. The molecule has 0 amide bonds. The van der Waals surface area contributed by atoms with Gasteiger partial charge in [-0.05, 0) is 57.8 Å². The first-order valence-electron chi connectivity index (χ1n) is 7.03. The molecular weight excluding hydrogens is 278 g/mol. The molecule has 6 nitrogen and oxygen atoms in total. The molecule has 1 fully saturated rings. The van der Waals surface area contributed by atoms with Crippen molar-refractivity contribution in [2.24, 2.45) is 5.92 Å². The Balaban J connectivity index is 1.93. The van der Waals surface area contributed by atoms with Crippen molar-refractivity contribution in [3.05, 3.63) is 5.28 Å². The zero-order valence-corrected chi connectivity index (χ0v) is 13.0. The smallest absolute Gasteiger partial charge is 0.322 e. The molecule has 0 spiro atoms. The fourth-order valence-electron chi connectivity index (χ4n) is 2.35. The minimum atomic E-state index is 0.00770. The average molecular weight is 300 g/mol. The van der Waals surface area contributed by atoms with E-state index in [1.807, 2.05) is 13.8 Å². The van der Waals surface area contributed by atoms with Gasteiger partial charge in [-0.15, -0.1) is 0 Å². The largest absolute Gasteiger partial charge is 0.461 e. The van der Waals surface area contributed by atoms with Crippen LogP contribution < -0.4 is 10.1 Å². The summed E-state index contributed by atoms with van der Waals surface area (Å²) in [6.45, 7) is 6.96. The summed E-state index contributed by atoms with van der Waals surface area (Å²) in [7, 11) is 2.15. The van der Waals surface area contributed by atoms with Crippen LogP contribution in [0.4, 0.5) is 5.95 Å². The summed E-state index contributed by atoms with van der Waals surface area (Å²) in [5.74, 6) is 1.09. The van der Waals surface area contributed by atoms with Crippen LogP contribution in [0, 0.1) is 5.92 Å². The number of rotatable bonds is 5. The van der Waals surface area contributed by atoms with Crippen LogP contribution in [-0.2, 0) is 0 Å². The Labute approximate surface area is 124 Å². The van der Waals surface area contributed by atoms with Gasteiger partial charge in [-0.2, -0.15) is 15.0 Å². The molecular formula is C13H22ClN5O. The van der Waals surface area contributed by atoms with Crippen molar-refractivity contribution in [3.63, 3.8) is 0 Å². The molecule has 0 bridgehead atoms. The molecule has 1 unspecified atom stereocenters. The summed E-state index contributed by atoms with van der Waals surface area (Å²) in [5, 5.41) is 3.39. The van der Waals surface area contributed by atoms with Gasteiger partial charge in [-0.3, -0.25) is 0 Å². The molecule has 112 valence electrons. The first kappa shape index (κ1) is 15.3. The third-order valence-corrected chi connectivity index (χ3v) is 3.37. The van der Waals surface area contributed by atoms with E-state index in [4.69, 9.17) is 16.3 Å². The second kappa shape index (κ2) is 7.04. The molecule has 1 aromatic rings. The minimum absolute atomic E-state index is 0.00770. The van der Waals surface area contributed by atoms with Crippen molar-refractivity contribution in [2.75, 3.05) is 32.0 Å². The lowest BCUT2D eigenvalue weighted by molar-refractivity contribution is 0.216. The highest BCUT2D eigenvalue weighted by atomic mass is 35.5. The minimum Gasteiger partial charge on any atom is -0.461 e. The monoisotopic (exact) mass is 299 g/mol. The normalized spacial score (nSPS) is 20.1. The summed E-state index contributed by atoms with van der Waals surface area (Å²) >= 11 is 5.89. The van der Waals surface area contributed by atoms with Crippen molar-refractivity contribution in [1.29, 1.82) is 0 Å². The van der Waals surface area contributed by atoms with Crippen molar-refractivity contribution < 1.29 is 4.74 Å². The summed E-state index contributed by atoms with van der Waals surface area (Å²) < 4.78 is 5.45. The lowest BCUT2D eigenvalue weighted by atomic mass is 9.99. The van der Waals surface area contributed by atoms with Gasteiger partial charge in [0, 0.05) is 13.1 Å². The molecule has 7 heteroatoms. The van der Waals surface area contributed by atoms with E-state index < -0.39 is 0 Å². The maximum Gasteiger partial charge on any atom is 0.322 e. The first-order valence-corrected chi connectivity index (χ1v) is 7.41. The maximum absolute atomic E-state index is 5.89. The van der Waals surface area contributed by atoms with E-state index in [1.165, 1.54) is 19.4 Å². The highest BCUT2D eigenvalue weighted by Crippen LogP contribution is 2.17. The molecule has 1 atom stereocenters. The zero-order chi connectivity index (χ0) is 14.5. The average Bonchev–Trinajstić information content (AvgIpc) is 2.35. The number of likely N-dealkylation sites (tertiary alicyclic amines) is 1. The number of anilines is 1. The highest BCUT2D eigenvalue weighted by Gasteiger charge is 2.17. The van der Waals surface area contributed by atoms with Crippen LogP contribution in [0.1, 0.15) is 26.7 Å². The summed E-state index contributed by atoms with van der Waals surface area (Å²) in [6.07, 6.45) is 2.47. The SMILES string of the molecule is CC(C)Oc1nc(Cl)nc(NCC2CCCN(C)C2)n1. The maximum atomic E-state index is 5.89. The van der Waals surface area contributed by atoms with E-state index in [-0.39, 0.29) is 17.4 Å². The third-order valence-electron chi connectivity index (χ3n) is 3.20. The van der Waals surface area contributed by atoms with Crippen LogP contribution in [0.5, 0.6) is 6.01 Å². The Morgan fingerprint density at radius 2 is 2.20 bits per heavy atom. The molecule has 1 aliphatic rings. The van der Waals surface area contributed by atoms with E-state index in [9.17, 15) is 0 Å². The Hall–Kier alpha value is -1.14. The molecule has 2 heterocycles. The van der Waals surface area contributed by atoms with Crippen LogP contribution in [0.15, 0.2) is 0 Å². The van der Waals surface area contributed by atoms with Gasteiger partial charge in [-0.1, -0.05) is 0 Å². The fraction of sp³-hybridized carbons (Fsp3) is 0.769. The number of ether oxygens (including phenoxy) is 1. The lowest BCUT2D eigenvalue weighted by Gasteiger charge is -2.29. The van der Waals surface area contributed by atoms with Crippen molar-refractivity contribution in [1.82, 2.24) is 19.9 Å². The Morgan fingerprint density at radius 1 is 1.40 bits per heavy atom. The van der Waals surface area contributed by atoms with Gasteiger partial charge in [0.05, 0.1) is 6.10 Å². The van der Waals surface area contributed by atoms with Crippen molar-refractivity contribution in [2.45, 2.75) is 32.8 Å². The molecule has 1 aromatic heterocycles. The number of hydrogen-bond donors (Lipinski definition) is 1. The van der Waals surface area contributed by atoms with Crippen LogP contribution in [-0.4, -0.2) is 52.6 Å². The van der Waals surface area contributed by atoms with Gasteiger partial charge in [0.25, 0.3) is 0 Å². The van der Waals surface area contributed by atoms with Gasteiger partial charge in [0.15, 0.2) is 0 Å². The molecule has 0 radical (unpaired) electrons. The van der Waals surface area contributed by atoms with Crippen LogP contribution in [0.2, 0.25) is 5.28 Å². The van der Waals surface area contributed by atoms with Crippen molar-refractivity contribution in [3.8, 4) is 6.01 Å². The summed E-state index contributed by atoms with van der Waals surface area (Å²) in [5.41, 5.74) is 0. The van der Waals surface area contributed by atoms with Crippen LogP contribution >= 0.6 is 11.6 Å². The molecule has 1 N–H and O–H groups in total. The quantitative estimate of drug-likeness (QED) is 0.898. The number of hydrogen-bond acceptors (Lipinski definition) is 6. The van der Waals surface area contributed by atoms with Gasteiger partial charge < -0.3 is 15.0 Å². The van der Waals surface area contributed by atoms with E-state index in [2.05, 4.69) is 32.2 Å². The molecule has 0 saturated carbocycles. The fourth-order valence-corrected chi connectivity index (χ4v) is 2.50. The second-order valence-electron chi connectivity index (χ2n) is 5.53. The molecule has 2 rings (SSSR count). The summed E-state index contributed by atoms with van der Waals surface area (Å²) in [4.78, 5) is 14.6. The van der Waals surface area contributed by atoms with Gasteiger partial charge in [0.2, 0.25) is 11.2 Å². The summed E-state index contributed by atoms with van der Waals surface area (Å²) in [6, 6.07) is 0.267. The van der Waals surface area contributed by atoms with E-state index in [0.29, 0.717) is 11.9 Å². The van der Waals surface area contributed by atoms with Gasteiger partial charge in [-0.25, -0.2) is 0 Å². The molecule has 0 aliphatic carbocycles. The highest BCUT2D eigenvalue weighted by molar-refractivity contribution is 6.28. The number of nitrogens with zero attached hydrogens (tertiary/aromatic N) is 4. The topological polar surface area (TPSA) is 63.2 Å². The number of nitrogens with one attached hydrogen (secondary N) is 1. The molecule has 20 heavy (non-hydrogen) atoms. The molecule has 1 aliphatic heterocycles. The number of piperidine rings is 1. The van der Waals surface area contributed by atoms with Crippen LogP contribution in [0.25, 0.3) is 0 Å². The van der Waals surface area contributed by atoms with Gasteiger partial charge in [0.1, 0.15) is 0 Å².